The molecular weight excluding hydrogens is 430 g/mol. The van der Waals surface area contributed by atoms with Crippen LogP contribution in [-0.2, 0) is 0 Å². The van der Waals surface area contributed by atoms with Gasteiger partial charge in [0.25, 0.3) is 0 Å². The van der Waals surface area contributed by atoms with E-state index in [9.17, 15) is 9.18 Å². The summed E-state index contributed by atoms with van der Waals surface area (Å²) in [5.41, 5.74) is 8.44. The van der Waals surface area contributed by atoms with Gasteiger partial charge in [0.1, 0.15) is 24.3 Å². The summed E-state index contributed by atoms with van der Waals surface area (Å²) < 4.78 is 34.6. The Kier molecular flexibility index (Phi) is 5.35. The Bertz CT molecular complexity index is 1250. The van der Waals surface area contributed by atoms with E-state index < -0.39 is 24.1 Å². The molecule has 2 aliphatic rings. The predicted molar refractivity (Wildman–Crippen MR) is 123 cm³/mol. The molecule has 10 heteroatoms. The highest BCUT2D eigenvalue weighted by atomic mass is 19.1. The molecule has 2 unspecified atom stereocenters. The normalized spacial score (nSPS) is 19.5. The molecule has 8 nitrogen and oxygen atoms in total. The van der Waals surface area contributed by atoms with Crippen molar-refractivity contribution in [2.75, 3.05) is 29.5 Å². The van der Waals surface area contributed by atoms with Gasteiger partial charge in [-0.05, 0) is 49.3 Å². The number of hydrogen-bond acceptors (Lipinski definition) is 6. The number of ether oxygens (including phenoxy) is 1. The van der Waals surface area contributed by atoms with Gasteiger partial charge in [0.05, 0.1) is 11.7 Å². The summed E-state index contributed by atoms with van der Waals surface area (Å²) in [4.78, 5) is 20.8. The molecule has 1 aliphatic carbocycles. The average Bonchev–Trinajstić information content (AvgIpc) is 3.21. The summed E-state index contributed by atoms with van der Waals surface area (Å²) in [5.74, 6) is 0.163. The van der Waals surface area contributed by atoms with Crippen LogP contribution in [0.4, 0.5) is 30.8 Å². The Hall–Kier alpha value is -3.69. The number of carbonyl (C=O) groups is 1. The number of hydrogen-bond donors (Lipinski definition) is 4. The average molecular weight is 454 g/mol. The number of pyridine rings is 2. The van der Waals surface area contributed by atoms with E-state index in [4.69, 9.17) is 10.5 Å². The Balaban J connectivity index is 1.48. The molecule has 0 saturated heterocycles. The van der Waals surface area contributed by atoms with Gasteiger partial charge in [-0.25, -0.2) is 23.5 Å². The number of urea groups is 1. The Labute approximate surface area is 188 Å². The molecule has 5 N–H and O–H groups in total. The molecule has 33 heavy (non-hydrogen) atoms. The first-order chi connectivity index (χ1) is 15.9. The zero-order chi connectivity index (χ0) is 23.1. The lowest BCUT2D eigenvalue weighted by Gasteiger charge is -2.22. The van der Waals surface area contributed by atoms with E-state index in [1.54, 1.807) is 18.3 Å². The smallest absolute Gasteiger partial charge is 0.320 e. The number of halogens is 2. The van der Waals surface area contributed by atoms with Gasteiger partial charge in [-0.3, -0.25) is 5.32 Å². The number of nitrogen functional groups attached to an aromatic ring is 1. The lowest BCUT2D eigenvalue weighted by atomic mass is 9.97. The first kappa shape index (κ1) is 21.2. The van der Waals surface area contributed by atoms with Crippen LogP contribution in [0, 0.1) is 12.7 Å². The molecule has 0 spiro atoms. The van der Waals surface area contributed by atoms with Crippen LogP contribution in [0.15, 0.2) is 24.5 Å². The van der Waals surface area contributed by atoms with E-state index in [1.165, 1.54) is 6.20 Å². The molecule has 0 bridgehead atoms. The third kappa shape index (κ3) is 3.85. The lowest BCUT2D eigenvalue weighted by Crippen LogP contribution is -2.40. The zero-order valence-electron chi connectivity index (χ0n) is 18.0. The molecule has 172 valence electrons. The van der Waals surface area contributed by atoms with E-state index >= 15 is 4.39 Å². The van der Waals surface area contributed by atoms with E-state index in [0.29, 0.717) is 48.2 Å². The number of amides is 2. The van der Waals surface area contributed by atoms with Crippen molar-refractivity contribution in [3.05, 3.63) is 35.9 Å². The second-order valence-electron chi connectivity index (χ2n) is 8.35. The van der Waals surface area contributed by atoms with Crippen LogP contribution in [0.25, 0.3) is 21.9 Å². The molecule has 2 atom stereocenters. The molecule has 3 aromatic rings. The van der Waals surface area contributed by atoms with Crippen LogP contribution in [0.5, 0.6) is 5.88 Å². The second kappa shape index (κ2) is 8.34. The molecule has 1 fully saturated rings. The van der Waals surface area contributed by atoms with Crippen molar-refractivity contribution in [2.45, 2.75) is 38.4 Å². The number of anilines is 3. The van der Waals surface area contributed by atoms with Crippen molar-refractivity contribution < 1.29 is 18.3 Å². The molecule has 2 aromatic heterocycles. The maximum absolute atomic E-state index is 15.3. The summed E-state index contributed by atoms with van der Waals surface area (Å²) in [6.45, 7) is 3.01. The minimum Gasteiger partial charge on any atom is -0.474 e. The lowest BCUT2D eigenvalue weighted by molar-refractivity contribution is 0.235. The molecule has 2 amide bonds. The highest BCUT2D eigenvalue weighted by Crippen LogP contribution is 2.39. The standard InChI is InChI=1S/C23H24F2N6O2/c1-11-14(9-29-22-21(11)27-5-6-33-22)13-7-12-8-18(28-10-15(12)20(26)19(13)25)31-23(32)30-17-4-2-3-16(17)24/h7-10,16-17,27H,2-6,26H2,1H3,(H2,28,30,31,32). The highest BCUT2D eigenvalue weighted by molar-refractivity contribution is 6.00. The van der Waals surface area contributed by atoms with Crippen LogP contribution in [-0.4, -0.2) is 41.4 Å². The summed E-state index contributed by atoms with van der Waals surface area (Å²) in [7, 11) is 0. The van der Waals surface area contributed by atoms with Crippen molar-refractivity contribution >= 4 is 34.0 Å². The van der Waals surface area contributed by atoms with Crippen molar-refractivity contribution in [1.82, 2.24) is 15.3 Å². The number of aromatic nitrogens is 2. The maximum Gasteiger partial charge on any atom is 0.320 e. The van der Waals surface area contributed by atoms with Gasteiger partial charge >= 0.3 is 6.03 Å². The molecule has 3 heterocycles. The van der Waals surface area contributed by atoms with Crippen LogP contribution in [0.1, 0.15) is 24.8 Å². The fourth-order valence-corrected chi connectivity index (χ4v) is 4.45. The first-order valence-corrected chi connectivity index (χ1v) is 10.9. The molecule has 1 aromatic carbocycles. The minimum atomic E-state index is -1.04. The Morgan fingerprint density at radius 3 is 2.88 bits per heavy atom. The van der Waals surface area contributed by atoms with Crippen molar-refractivity contribution in [2.24, 2.45) is 0 Å². The molecule has 1 saturated carbocycles. The number of rotatable bonds is 3. The number of carbonyl (C=O) groups excluding carboxylic acids is 1. The number of nitrogens with one attached hydrogen (secondary N) is 3. The van der Waals surface area contributed by atoms with E-state index in [1.807, 2.05) is 6.92 Å². The molecule has 5 rings (SSSR count). The topological polar surface area (TPSA) is 114 Å². The second-order valence-corrected chi connectivity index (χ2v) is 8.35. The Morgan fingerprint density at radius 2 is 2.09 bits per heavy atom. The van der Waals surface area contributed by atoms with Crippen molar-refractivity contribution in [1.29, 1.82) is 0 Å². The van der Waals surface area contributed by atoms with Crippen molar-refractivity contribution in [3.8, 4) is 17.0 Å². The fourth-order valence-electron chi connectivity index (χ4n) is 4.45. The quantitative estimate of drug-likeness (QED) is 0.442. The van der Waals surface area contributed by atoms with Gasteiger partial charge in [0, 0.05) is 35.5 Å². The third-order valence-electron chi connectivity index (χ3n) is 6.23. The summed E-state index contributed by atoms with van der Waals surface area (Å²) in [6.07, 6.45) is 3.73. The molecule has 0 radical (unpaired) electrons. The summed E-state index contributed by atoms with van der Waals surface area (Å²) >= 11 is 0. The number of nitrogens with two attached hydrogens (primary N) is 1. The van der Waals surface area contributed by atoms with Crippen LogP contribution in [0.2, 0.25) is 0 Å². The Morgan fingerprint density at radius 1 is 1.24 bits per heavy atom. The van der Waals surface area contributed by atoms with E-state index in [0.717, 1.165) is 17.7 Å². The number of benzene rings is 1. The van der Waals surface area contributed by atoms with Crippen LogP contribution >= 0.6 is 0 Å². The predicted octanol–water partition coefficient (Wildman–Crippen LogP) is 4.14. The summed E-state index contributed by atoms with van der Waals surface area (Å²) in [6, 6.07) is 2.23. The number of nitrogens with zero attached hydrogens (tertiary/aromatic N) is 2. The fraction of sp³-hybridized carbons (Fsp3) is 0.348. The van der Waals surface area contributed by atoms with Gasteiger partial charge in [-0.2, -0.15) is 0 Å². The molecular formula is C23H24F2N6O2. The first-order valence-electron chi connectivity index (χ1n) is 10.9. The van der Waals surface area contributed by atoms with Gasteiger partial charge in [0.2, 0.25) is 5.88 Å². The van der Waals surface area contributed by atoms with Gasteiger partial charge in [-0.15, -0.1) is 0 Å². The minimum absolute atomic E-state index is 0.0430. The van der Waals surface area contributed by atoms with E-state index in [-0.39, 0.29) is 17.1 Å². The third-order valence-corrected chi connectivity index (χ3v) is 6.23. The highest BCUT2D eigenvalue weighted by Gasteiger charge is 2.28. The monoisotopic (exact) mass is 454 g/mol. The SMILES string of the molecule is Cc1c(-c2cc3cc(NC(=O)NC4CCCC4F)ncc3c(N)c2F)cnc2c1NCCO2. The van der Waals surface area contributed by atoms with Gasteiger partial charge in [0.15, 0.2) is 5.82 Å². The van der Waals surface area contributed by atoms with E-state index in [2.05, 4.69) is 25.9 Å². The maximum atomic E-state index is 15.3. The summed E-state index contributed by atoms with van der Waals surface area (Å²) in [5, 5.41) is 9.53. The zero-order valence-corrected chi connectivity index (χ0v) is 18.0. The van der Waals surface area contributed by atoms with Crippen molar-refractivity contribution in [3.63, 3.8) is 0 Å². The molecule has 1 aliphatic heterocycles. The number of fused-ring (bicyclic) bond motifs is 2. The van der Waals surface area contributed by atoms with Gasteiger partial charge < -0.3 is 21.1 Å². The van der Waals surface area contributed by atoms with Gasteiger partial charge in [-0.1, -0.05) is 0 Å². The van der Waals surface area contributed by atoms with Crippen LogP contribution < -0.4 is 26.4 Å². The largest absolute Gasteiger partial charge is 0.474 e. The van der Waals surface area contributed by atoms with Crippen LogP contribution in [0.3, 0.4) is 0 Å². The number of alkyl halides is 1.